The lowest BCUT2D eigenvalue weighted by molar-refractivity contribution is -0.146. The highest BCUT2D eigenvalue weighted by atomic mass is 16.5. The van der Waals surface area contributed by atoms with E-state index < -0.39 is 12.0 Å². The number of hydrogen-bond donors (Lipinski definition) is 3. The quantitative estimate of drug-likeness (QED) is 0.181. The Morgan fingerprint density at radius 3 is 2.42 bits per heavy atom. The number of esters is 1. The van der Waals surface area contributed by atoms with Gasteiger partial charge in [-0.05, 0) is 24.7 Å². The molecule has 0 bridgehead atoms. The molecule has 0 rings (SSSR count). The molecule has 0 fully saturated rings. The molecule has 0 aliphatic heterocycles. The second-order valence-electron chi connectivity index (χ2n) is 8.40. The van der Waals surface area contributed by atoms with Gasteiger partial charge < -0.3 is 25.2 Å². The van der Waals surface area contributed by atoms with Crippen molar-refractivity contribution < 1.29 is 29.0 Å². The van der Waals surface area contributed by atoms with E-state index in [2.05, 4.69) is 23.8 Å². The van der Waals surface area contributed by atoms with Gasteiger partial charge in [-0.2, -0.15) is 0 Å². The van der Waals surface area contributed by atoms with Crippen molar-refractivity contribution in [2.24, 2.45) is 11.3 Å². The van der Waals surface area contributed by atoms with Crippen LogP contribution in [0.4, 0.5) is 0 Å². The number of hydrogen-bond acceptors (Lipinski definition) is 6. The van der Waals surface area contributed by atoms with Gasteiger partial charge in [0.25, 0.3) is 0 Å². The van der Waals surface area contributed by atoms with Crippen LogP contribution in [0.1, 0.15) is 52.9 Å². The first-order valence-corrected chi connectivity index (χ1v) is 10.8. The Bertz CT molecular complexity index is 571. The first-order valence-electron chi connectivity index (χ1n) is 10.8. The number of rotatable bonds is 17. The Morgan fingerprint density at radius 1 is 1.13 bits per heavy atom. The van der Waals surface area contributed by atoms with Crippen LogP contribution in [0.2, 0.25) is 0 Å². The van der Waals surface area contributed by atoms with Crippen LogP contribution in [0.3, 0.4) is 0 Å². The van der Waals surface area contributed by atoms with E-state index in [9.17, 15) is 14.4 Å². The molecule has 178 valence electrons. The summed E-state index contributed by atoms with van der Waals surface area (Å²) in [7, 11) is 0. The predicted octanol–water partition coefficient (Wildman–Crippen LogP) is 2.12. The Hall–Kier alpha value is -2.19. The first-order chi connectivity index (χ1) is 14.6. The normalized spacial score (nSPS) is 13.0. The summed E-state index contributed by atoms with van der Waals surface area (Å²) in [6.07, 6.45) is 5.44. The molecule has 0 saturated heterocycles. The molecule has 3 N–H and O–H groups in total. The number of aliphatic hydroxyl groups is 1. The third kappa shape index (κ3) is 14.4. The van der Waals surface area contributed by atoms with Crippen molar-refractivity contribution in [3.63, 3.8) is 0 Å². The van der Waals surface area contributed by atoms with Gasteiger partial charge in [-0.15, -0.1) is 13.2 Å². The summed E-state index contributed by atoms with van der Waals surface area (Å²) in [5, 5.41) is 14.3. The second kappa shape index (κ2) is 16.5. The molecule has 8 nitrogen and oxygen atoms in total. The zero-order valence-corrected chi connectivity index (χ0v) is 19.3. The average molecular weight is 441 g/mol. The Morgan fingerprint density at radius 2 is 1.84 bits per heavy atom. The highest BCUT2D eigenvalue weighted by molar-refractivity contribution is 5.86. The molecular formula is C23H40N2O6. The fraction of sp³-hybridized carbons (Fsp3) is 0.696. The molecule has 0 saturated carbocycles. The topological polar surface area (TPSA) is 114 Å². The third-order valence-electron chi connectivity index (χ3n) is 4.62. The number of carbonyl (C=O) groups is 3. The first kappa shape index (κ1) is 28.8. The summed E-state index contributed by atoms with van der Waals surface area (Å²) in [6, 6.07) is -0.398. The summed E-state index contributed by atoms with van der Waals surface area (Å²) >= 11 is 0. The molecule has 0 radical (unpaired) electrons. The van der Waals surface area contributed by atoms with Crippen LogP contribution in [0.15, 0.2) is 25.3 Å². The number of ether oxygens (including phenoxy) is 2. The third-order valence-corrected chi connectivity index (χ3v) is 4.62. The Balaban J connectivity index is 4.77. The van der Waals surface area contributed by atoms with Crippen LogP contribution in [0.25, 0.3) is 0 Å². The number of aliphatic hydroxyl groups excluding tert-OH is 1. The SMILES string of the molecule is C=CCCCC(=O)OCC(NC(=O)C(CC=C)CC(=O)NCCOCCO)C(C)(C)C. The molecule has 2 amide bonds. The highest BCUT2D eigenvalue weighted by Crippen LogP contribution is 2.21. The maximum atomic E-state index is 12.9. The van der Waals surface area contributed by atoms with E-state index in [1.807, 2.05) is 20.8 Å². The van der Waals surface area contributed by atoms with Gasteiger partial charge in [-0.3, -0.25) is 14.4 Å². The summed E-state index contributed by atoms with van der Waals surface area (Å²) < 4.78 is 10.5. The van der Waals surface area contributed by atoms with E-state index in [4.69, 9.17) is 14.6 Å². The zero-order valence-electron chi connectivity index (χ0n) is 19.3. The van der Waals surface area contributed by atoms with Crippen LogP contribution in [-0.2, 0) is 23.9 Å². The van der Waals surface area contributed by atoms with Crippen molar-refractivity contribution in [3.05, 3.63) is 25.3 Å². The fourth-order valence-electron chi connectivity index (χ4n) is 2.65. The van der Waals surface area contributed by atoms with Crippen LogP contribution in [0, 0.1) is 11.3 Å². The van der Waals surface area contributed by atoms with E-state index in [1.165, 1.54) is 0 Å². The second-order valence-corrected chi connectivity index (χ2v) is 8.40. The monoisotopic (exact) mass is 440 g/mol. The van der Waals surface area contributed by atoms with Gasteiger partial charge in [-0.25, -0.2) is 0 Å². The number of amides is 2. The van der Waals surface area contributed by atoms with E-state index in [-0.39, 0.29) is 56.0 Å². The Labute approximate surface area is 186 Å². The molecule has 0 aliphatic rings. The van der Waals surface area contributed by atoms with Gasteiger partial charge in [0.05, 0.1) is 31.8 Å². The lowest BCUT2D eigenvalue weighted by atomic mass is 9.86. The Kier molecular flexibility index (Phi) is 15.3. The lowest BCUT2D eigenvalue weighted by Crippen LogP contribution is -2.49. The van der Waals surface area contributed by atoms with Gasteiger partial charge >= 0.3 is 5.97 Å². The summed E-state index contributed by atoms with van der Waals surface area (Å²) in [5.41, 5.74) is -0.345. The number of nitrogens with one attached hydrogen (secondary N) is 2. The standard InChI is InChI=1S/C23H40N2O6/c1-6-8-9-11-21(28)31-17-19(23(3,4)5)25-22(29)18(10-7-2)16-20(27)24-12-14-30-15-13-26/h6-7,18-19,26H,1-2,8-17H2,3-5H3,(H,24,27)(H,25,29). The molecule has 0 aromatic carbocycles. The number of carbonyl (C=O) groups excluding carboxylic acids is 3. The molecule has 8 heteroatoms. The molecule has 0 spiro atoms. The van der Waals surface area contributed by atoms with Crippen molar-refractivity contribution in [2.45, 2.75) is 58.9 Å². The molecular weight excluding hydrogens is 400 g/mol. The van der Waals surface area contributed by atoms with Crippen LogP contribution in [-0.4, -0.2) is 61.9 Å². The molecule has 31 heavy (non-hydrogen) atoms. The van der Waals surface area contributed by atoms with Crippen molar-refractivity contribution in [1.82, 2.24) is 10.6 Å². The van der Waals surface area contributed by atoms with Crippen LogP contribution >= 0.6 is 0 Å². The fourth-order valence-corrected chi connectivity index (χ4v) is 2.65. The minimum atomic E-state index is -0.580. The molecule has 0 aromatic rings. The predicted molar refractivity (Wildman–Crippen MR) is 120 cm³/mol. The minimum Gasteiger partial charge on any atom is -0.463 e. The van der Waals surface area contributed by atoms with E-state index in [0.717, 1.165) is 6.42 Å². The van der Waals surface area contributed by atoms with Crippen molar-refractivity contribution in [2.75, 3.05) is 33.0 Å². The van der Waals surface area contributed by atoms with Gasteiger partial charge in [0.15, 0.2) is 0 Å². The van der Waals surface area contributed by atoms with Crippen LogP contribution in [0.5, 0.6) is 0 Å². The molecule has 2 atom stereocenters. The minimum absolute atomic E-state index is 0.00998. The smallest absolute Gasteiger partial charge is 0.305 e. The molecule has 0 aromatic heterocycles. The number of unbranched alkanes of at least 4 members (excludes halogenated alkanes) is 1. The van der Waals surface area contributed by atoms with Crippen molar-refractivity contribution >= 4 is 17.8 Å². The van der Waals surface area contributed by atoms with Crippen molar-refractivity contribution in [1.29, 1.82) is 0 Å². The summed E-state index contributed by atoms with van der Waals surface area (Å²) in [5.74, 6) is -1.44. The highest BCUT2D eigenvalue weighted by Gasteiger charge is 2.30. The number of allylic oxidation sites excluding steroid dienone is 2. The molecule has 0 heterocycles. The van der Waals surface area contributed by atoms with Crippen molar-refractivity contribution in [3.8, 4) is 0 Å². The van der Waals surface area contributed by atoms with E-state index in [1.54, 1.807) is 12.2 Å². The van der Waals surface area contributed by atoms with Crippen LogP contribution < -0.4 is 10.6 Å². The molecule has 2 unspecified atom stereocenters. The maximum absolute atomic E-state index is 12.9. The molecule has 0 aliphatic carbocycles. The zero-order chi connectivity index (χ0) is 23.7. The summed E-state index contributed by atoms with van der Waals surface area (Å²) in [4.78, 5) is 37.0. The van der Waals surface area contributed by atoms with E-state index in [0.29, 0.717) is 25.8 Å². The summed E-state index contributed by atoms with van der Waals surface area (Å²) in [6.45, 7) is 13.9. The van der Waals surface area contributed by atoms with Gasteiger partial charge in [0.2, 0.25) is 11.8 Å². The average Bonchev–Trinajstić information content (AvgIpc) is 2.69. The van der Waals surface area contributed by atoms with Gasteiger partial charge in [-0.1, -0.05) is 32.9 Å². The lowest BCUT2D eigenvalue weighted by Gasteiger charge is -2.32. The van der Waals surface area contributed by atoms with E-state index >= 15 is 0 Å². The van der Waals surface area contributed by atoms with Gasteiger partial charge in [0.1, 0.15) is 6.61 Å². The van der Waals surface area contributed by atoms with Gasteiger partial charge in [0, 0.05) is 19.4 Å². The largest absolute Gasteiger partial charge is 0.463 e. The maximum Gasteiger partial charge on any atom is 0.305 e.